The molecule has 1 aromatic heterocycles. The van der Waals surface area contributed by atoms with Gasteiger partial charge < -0.3 is 4.42 Å². The Labute approximate surface area is 98.7 Å². The Bertz CT molecular complexity index is 531. The highest BCUT2D eigenvalue weighted by Crippen LogP contribution is 2.26. The van der Waals surface area contributed by atoms with Gasteiger partial charge in [0, 0.05) is 16.3 Å². The molecule has 0 aliphatic rings. The molecule has 0 saturated heterocycles. The van der Waals surface area contributed by atoms with Gasteiger partial charge in [-0.05, 0) is 18.2 Å². The molecule has 0 fully saturated rings. The summed E-state index contributed by atoms with van der Waals surface area (Å²) in [5.41, 5.74) is 0.409. The lowest BCUT2D eigenvalue weighted by atomic mass is 10.2. The molecule has 1 heterocycles. The lowest BCUT2D eigenvalue weighted by molar-refractivity contribution is 0.557. The van der Waals surface area contributed by atoms with Gasteiger partial charge in [0.25, 0.3) is 0 Å². The number of unbranched alkanes of at least 4 members (excludes halogenated alkanes) is 1. The van der Waals surface area contributed by atoms with Crippen molar-refractivity contribution < 1.29 is 4.42 Å². The van der Waals surface area contributed by atoms with E-state index in [1.165, 1.54) is 12.8 Å². The molecule has 2 rings (SSSR count). The maximum atomic E-state index is 11.4. The molecule has 0 aliphatic carbocycles. The summed E-state index contributed by atoms with van der Waals surface area (Å²) in [5.74, 6) is 1.05. The van der Waals surface area contributed by atoms with Crippen molar-refractivity contribution >= 4 is 22.7 Å². The molecule has 0 atom stereocenters. The number of benzene rings is 1. The van der Waals surface area contributed by atoms with Crippen LogP contribution in [-0.2, 0) is 0 Å². The van der Waals surface area contributed by atoms with Crippen LogP contribution in [0.25, 0.3) is 11.0 Å². The summed E-state index contributed by atoms with van der Waals surface area (Å²) in [6, 6.07) is 9.26. The summed E-state index contributed by atoms with van der Waals surface area (Å²) in [6.07, 6.45) is 2.34. The van der Waals surface area contributed by atoms with Gasteiger partial charge in [-0.3, -0.25) is 0 Å². The molecule has 3 heteroatoms. The van der Waals surface area contributed by atoms with E-state index in [2.05, 4.69) is 6.92 Å². The second-order valence-corrected chi connectivity index (χ2v) is 4.76. The molecule has 84 valence electrons. The number of thioether (sulfide) groups is 1. The van der Waals surface area contributed by atoms with Gasteiger partial charge in [0.05, 0.1) is 0 Å². The number of para-hydroxylation sites is 1. The summed E-state index contributed by atoms with van der Waals surface area (Å²) >= 11 is 1.73. The highest BCUT2D eigenvalue weighted by molar-refractivity contribution is 7.99. The third kappa shape index (κ3) is 2.47. The lowest BCUT2D eigenvalue weighted by Crippen LogP contribution is -1.97. The first kappa shape index (κ1) is 11.3. The van der Waals surface area contributed by atoms with E-state index in [-0.39, 0.29) is 5.63 Å². The summed E-state index contributed by atoms with van der Waals surface area (Å²) in [7, 11) is 0. The van der Waals surface area contributed by atoms with Crippen LogP contribution < -0.4 is 5.63 Å². The van der Waals surface area contributed by atoms with Crippen LogP contribution in [0.15, 0.2) is 44.4 Å². The molecular weight excluding hydrogens is 220 g/mol. The van der Waals surface area contributed by atoms with Crippen LogP contribution in [-0.4, -0.2) is 5.75 Å². The van der Waals surface area contributed by atoms with Gasteiger partial charge in [-0.1, -0.05) is 31.5 Å². The van der Waals surface area contributed by atoms with Gasteiger partial charge in [-0.2, -0.15) is 0 Å². The van der Waals surface area contributed by atoms with Crippen molar-refractivity contribution in [3.8, 4) is 0 Å². The first-order valence-corrected chi connectivity index (χ1v) is 6.45. The predicted molar refractivity (Wildman–Crippen MR) is 68.1 cm³/mol. The average Bonchev–Trinajstić information content (AvgIpc) is 2.29. The van der Waals surface area contributed by atoms with Crippen molar-refractivity contribution in [2.24, 2.45) is 0 Å². The quantitative estimate of drug-likeness (QED) is 0.459. The minimum absolute atomic E-state index is 0.266. The van der Waals surface area contributed by atoms with Crippen LogP contribution in [0.1, 0.15) is 19.8 Å². The molecule has 0 aliphatic heterocycles. The van der Waals surface area contributed by atoms with E-state index in [1.807, 2.05) is 24.3 Å². The molecule has 2 aromatic rings. The zero-order chi connectivity index (χ0) is 11.4. The summed E-state index contributed by atoms with van der Waals surface area (Å²) in [4.78, 5) is 12.4. The molecular formula is C13H14O2S. The van der Waals surface area contributed by atoms with Crippen molar-refractivity contribution in [1.82, 2.24) is 0 Å². The minimum atomic E-state index is -0.266. The van der Waals surface area contributed by atoms with Gasteiger partial charge >= 0.3 is 5.63 Å². The Morgan fingerprint density at radius 1 is 1.31 bits per heavy atom. The Morgan fingerprint density at radius 2 is 2.12 bits per heavy atom. The lowest BCUT2D eigenvalue weighted by Gasteiger charge is -2.03. The van der Waals surface area contributed by atoms with Crippen LogP contribution in [0.5, 0.6) is 0 Å². The monoisotopic (exact) mass is 234 g/mol. The highest BCUT2D eigenvalue weighted by Gasteiger charge is 2.04. The van der Waals surface area contributed by atoms with Crippen molar-refractivity contribution in [3.63, 3.8) is 0 Å². The molecule has 0 unspecified atom stereocenters. The van der Waals surface area contributed by atoms with Gasteiger partial charge in [0.2, 0.25) is 0 Å². The fourth-order valence-corrected chi connectivity index (χ4v) is 2.68. The second-order valence-electron chi connectivity index (χ2n) is 3.63. The third-order valence-electron chi connectivity index (χ3n) is 2.37. The van der Waals surface area contributed by atoms with Crippen molar-refractivity contribution in [3.05, 3.63) is 40.8 Å². The summed E-state index contributed by atoms with van der Waals surface area (Å²) in [6.45, 7) is 2.16. The topological polar surface area (TPSA) is 30.2 Å². The van der Waals surface area contributed by atoms with E-state index in [0.29, 0.717) is 5.58 Å². The molecule has 0 spiro atoms. The van der Waals surface area contributed by atoms with E-state index in [4.69, 9.17) is 4.42 Å². The van der Waals surface area contributed by atoms with Crippen LogP contribution in [0, 0.1) is 0 Å². The largest absolute Gasteiger partial charge is 0.423 e. The molecule has 0 N–H and O–H groups in total. The summed E-state index contributed by atoms with van der Waals surface area (Å²) in [5, 5.41) is 1.03. The highest BCUT2D eigenvalue weighted by atomic mass is 32.2. The zero-order valence-electron chi connectivity index (χ0n) is 9.23. The standard InChI is InChI=1S/C13H14O2S/c1-2-3-8-16-12-9-13(14)15-11-7-5-4-6-10(11)12/h4-7,9H,2-3,8H2,1H3. The van der Waals surface area contributed by atoms with Crippen molar-refractivity contribution in [2.75, 3.05) is 5.75 Å². The number of hydrogen-bond acceptors (Lipinski definition) is 3. The Kier molecular flexibility index (Phi) is 3.67. The van der Waals surface area contributed by atoms with Gasteiger partial charge in [0.1, 0.15) is 5.58 Å². The van der Waals surface area contributed by atoms with E-state index >= 15 is 0 Å². The van der Waals surface area contributed by atoms with Crippen molar-refractivity contribution in [2.45, 2.75) is 24.7 Å². The third-order valence-corrected chi connectivity index (χ3v) is 3.51. The van der Waals surface area contributed by atoms with Gasteiger partial charge in [0.15, 0.2) is 0 Å². The normalized spacial score (nSPS) is 10.8. The number of hydrogen-bond donors (Lipinski definition) is 0. The second kappa shape index (κ2) is 5.21. The zero-order valence-corrected chi connectivity index (χ0v) is 10.0. The molecule has 16 heavy (non-hydrogen) atoms. The molecule has 0 saturated carbocycles. The van der Waals surface area contributed by atoms with E-state index in [9.17, 15) is 4.79 Å². The molecule has 0 radical (unpaired) electrons. The minimum Gasteiger partial charge on any atom is -0.423 e. The maximum absolute atomic E-state index is 11.4. The first-order chi connectivity index (χ1) is 7.81. The van der Waals surface area contributed by atoms with E-state index in [1.54, 1.807) is 17.8 Å². The first-order valence-electron chi connectivity index (χ1n) is 5.47. The Morgan fingerprint density at radius 3 is 2.94 bits per heavy atom. The summed E-state index contributed by atoms with van der Waals surface area (Å²) < 4.78 is 5.14. The van der Waals surface area contributed by atoms with Gasteiger partial charge in [-0.15, -0.1) is 11.8 Å². The van der Waals surface area contributed by atoms with Gasteiger partial charge in [-0.25, -0.2) is 4.79 Å². The maximum Gasteiger partial charge on any atom is 0.337 e. The van der Waals surface area contributed by atoms with Crippen LogP contribution >= 0.6 is 11.8 Å². The number of rotatable bonds is 4. The SMILES string of the molecule is CCCCSc1cc(=O)oc2ccccc12. The van der Waals surface area contributed by atoms with Crippen LogP contribution in [0.4, 0.5) is 0 Å². The van der Waals surface area contributed by atoms with E-state index < -0.39 is 0 Å². The fourth-order valence-electron chi connectivity index (χ4n) is 1.53. The molecule has 0 bridgehead atoms. The average molecular weight is 234 g/mol. The van der Waals surface area contributed by atoms with E-state index in [0.717, 1.165) is 16.0 Å². The van der Waals surface area contributed by atoms with Crippen LogP contribution in [0.2, 0.25) is 0 Å². The molecule has 2 nitrogen and oxygen atoms in total. The molecule has 0 amide bonds. The Balaban J connectivity index is 2.38. The smallest absolute Gasteiger partial charge is 0.337 e. The molecule has 1 aromatic carbocycles. The van der Waals surface area contributed by atoms with Crippen molar-refractivity contribution in [1.29, 1.82) is 0 Å². The predicted octanol–water partition coefficient (Wildman–Crippen LogP) is 3.69. The number of fused-ring (bicyclic) bond motifs is 1. The fraction of sp³-hybridized carbons (Fsp3) is 0.308. The Hall–Kier alpha value is -1.22. The van der Waals surface area contributed by atoms with Crippen LogP contribution in [0.3, 0.4) is 0 Å².